The number of nitrogens with one attached hydrogen (secondary N) is 2. The van der Waals surface area contributed by atoms with Crippen molar-refractivity contribution in [2.45, 2.75) is 51.9 Å². The molecule has 0 aromatic heterocycles. The van der Waals surface area contributed by atoms with E-state index in [9.17, 15) is 0 Å². The van der Waals surface area contributed by atoms with Crippen molar-refractivity contribution in [3.63, 3.8) is 0 Å². The number of benzene rings is 1. The van der Waals surface area contributed by atoms with Gasteiger partial charge in [0, 0.05) is 37.2 Å². The molecule has 2 heterocycles. The van der Waals surface area contributed by atoms with E-state index in [1.807, 2.05) is 6.92 Å². The number of ether oxygens (including phenoxy) is 3. The van der Waals surface area contributed by atoms with Gasteiger partial charge in [-0.2, -0.15) is 0 Å². The summed E-state index contributed by atoms with van der Waals surface area (Å²) in [7, 11) is 0. The summed E-state index contributed by atoms with van der Waals surface area (Å²) in [5.74, 6) is 1.87. The molecule has 0 spiro atoms. The molecular formula is C18H26N2O3S. The zero-order valence-electron chi connectivity index (χ0n) is 14.4. The van der Waals surface area contributed by atoms with Crippen LogP contribution in [0.25, 0.3) is 0 Å². The van der Waals surface area contributed by atoms with Crippen molar-refractivity contribution in [2.24, 2.45) is 0 Å². The van der Waals surface area contributed by atoms with Crippen LogP contribution in [0.1, 0.15) is 37.8 Å². The van der Waals surface area contributed by atoms with E-state index in [-0.39, 0.29) is 12.2 Å². The van der Waals surface area contributed by atoms with Gasteiger partial charge in [-0.15, -0.1) is 0 Å². The van der Waals surface area contributed by atoms with Gasteiger partial charge in [-0.1, -0.05) is 0 Å². The fourth-order valence-corrected chi connectivity index (χ4v) is 3.31. The van der Waals surface area contributed by atoms with Gasteiger partial charge in [0.05, 0.1) is 12.7 Å². The maximum Gasteiger partial charge on any atom is 0.166 e. The minimum atomic E-state index is 0.229. The third-order valence-corrected chi connectivity index (χ3v) is 4.62. The van der Waals surface area contributed by atoms with Gasteiger partial charge >= 0.3 is 0 Å². The Morgan fingerprint density at radius 2 is 2.25 bits per heavy atom. The van der Waals surface area contributed by atoms with Crippen molar-refractivity contribution < 1.29 is 14.2 Å². The Bertz CT molecular complexity index is 588. The molecule has 0 unspecified atom stereocenters. The van der Waals surface area contributed by atoms with Crippen molar-refractivity contribution >= 4 is 17.3 Å². The van der Waals surface area contributed by atoms with Gasteiger partial charge < -0.3 is 24.8 Å². The summed E-state index contributed by atoms with van der Waals surface area (Å²) in [4.78, 5) is 0. The highest BCUT2D eigenvalue weighted by atomic mass is 32.1. The van der Waals surface area contributed by atoms with E-state index in [2.05, 4.69) is 29.7 Å². The maximum atomic E-state index is 5.85. The van der Waals surface area contributed by atoms with Crippen molar-refractivity contribution in [3.8, 4) is 11.5 Å². The molecule has 3 rings (SSSR count). The number of thiocarbonyl (C=S) groups is 1. The second-order valence-electron chi connectivity index (χ2n) is 6.33. The summed E-state index contributed by atoms with van der Waals surface area (Å²) in [6.45, 7) is 6.95. The molecule has 1 aromatic rings. The van der Waals surface area contributed by atoms with Crippen LogP contribution in [0.4, 0.5) is 0 Å². The van der Waals surface area contributed by atoms with Gasteiger partial charge in [0.25, 0.3) is 0 Å². The Labute approximate surface area is 149 Å². The average Bonchev–Trinajstić information content (AvgIpc) is 3.19. The summed E-state index contributed by atoms with van der Waals surface area (Å²) in [5, 5.41) is 7.12. The molecule has 2 N–H and O–H groups in total. The number of fused-ring (bicyclic) bond motifs is 1. The molecule has 0 aliphatic carbocycles. The molecule has 0 bridgehead atoms. The lowest BCUT2D eigenvalue weighted by Crippen LogP contribution is -2.39. The fourth-order valence-electron chi connectivity index (χ4n) is 3.16. The third-order valence-electron chi connectivity index (χ3n) is 4.33. The molecule has 1 aromatic carbocycles. The lowest BCUT2D eigenvalue weighted by Gasteiger charge is -2.16. The Hall–Kier alpha value is -1.53. The SMILES string of the molecule is CCOc1cc2c(cc1CNC(=S)NC[C@H]1CCCO1)O[C@H](C)C2. The predicted octanol–water partition coefficient (Wildman–Crippen LogP) is 2.55. The molecule has 5 nitrogen and oxygen atoms in total. The average molecular weight is 350 g/mol. The molecule has 24 heavy (non-hydrogen) atoms. The summed E-state index contributed by atoms with van der Waals surface area (Å²) >= 11 is 5.36. The Morgan fingerprint density at radius 3 is 3.00 bits per heavy atom. The molecule has 0 amide bonds. The van der Waals surface area contributed by atoms with Crippen LogP contribution >= 0.6 is 12.2 Å². The quantitative estimate of drug-likeness (QED) is 0.769. The minimum absolute atomic E-state index is 0.229. The van der Waals surface area contributed by atoms with E-state index >= 15 is 0 Å². The largest absolute Gasteiger partial charge is 0.494 e. The zero-order chi connectivity index (χ0) is 16.9. The summed E-state index contributed by atoms with van der Waals surface area (Å²) < 4.78 is 17.2. The van der Waals surface area contributed by atoms with E-state index in [0.29, 0.717) is 18.3 Å². The normalized spacial score (nSPS) is 21.9. The minimum Gasteiger partial charge on any atom is -0.494 e. The van der Waals surface area contributed by atoms with Crippen molar-refractivity contribution in [1.82, 2.24) is 10.6 Å². The van der Waals surface area contributed by atoms with Crippen LogP contribution in [0.15, 0.2) is 12.1 Å². The molecule has 2 atom stereocenters. The standard InChI is InChI=1S/C18H26N2O3S/c1-3-21-16-8-13-7-12(2)23-17(13)9-14(16)10-19-18(24)20-11-15-5-4-6-22-15/h8-9,12,15H,3-7,10-11H2,1-2H3,(H2,19,20,24)/t12-,15-/m1/s1. The lowest BCUT2D eigenvalue weighted by molar-refractivity contribution is 0.114. The van der Waals surface area contributed by atoms with Gasteiger partial charge in [0.15, 0.2) is 5.11 Å². The number of hydrogen-bond acceptors (Lipinski definition) is 4. The van der Waals surface area contributed by atoms with E-state index in [0.717, 1.165) is 49.5 Å². The monoisotopic (exact) mass is 350 g/mol. The molecular weight excluding hydrogens is 324 g/mol. The van der Waals surface area contributed by atoms with Crippen LogP contribution in [0.2, 0.25) is 0 Å². The van der Waals surface area contributed by atoms with Gasteiger partial charge in [0.2, 0.25) is 0 Å². The van der Waals surface area contributed by atoms with Gasteiger partial charge in [0.1, 0.15) is 17.6 Å². The molecule has 1 fully saturated rings. The first-order valence-corrected chi connectivity index (χ1v) is 9.15. The first-order chi connectivity index (χ1) is 11.7. The summed E-state index contributed by atoms with van der Waals surface area (Å²) in [6, 6.07) is 4.17. The second kappa shape index (κ2) is 8.03. The smallest absolute Gasteiger partial charge is 0.166 e. The topological polar surface area (TPSA) is 51.8 Å². The molecule has 132 valence electrons. The fraction of sp³-hybridized carbons (Fsp3) is 0.611. The van der Waals surface area contributed by atoms with E-state index in [1.54, 1.807) is 0 Å². The zero-order valence-corrected chi connectivity index (χ0v) is 15.2. The van der Waals surface area contributed by atoms with Crippen LogP contribution in [0, 0.1) is 0 Å². The van der Waals surface area contributed by atoms with Crippen LogP contribution in [-0.2, 0) is 17.7 Å². The predicted molar refractivity (Wildman–Crippen MR) is 97.8 cm³/mol. The van der Waals surface area contributed by atoms with E-state index in [1.165, 1.54) is 5.56 Å². The molecule has 1 saturated heterocycles. The van der Waals surface area contributed by atoms with Crippen LogP contribution < -0.4 is 20.1 Å². The van der Waals surface area contributed by atoms with Crippen molar-refractivity contribution in [2.75, 3.05) is 19.8 Å². The highest BCUT2D eigenvalue weighted by Gasteiger charge is 2.22. The number of hydrogen-bond donors (Lipinski definition) is 2. The third kappa shape index (κ3) is 4.30. The summed E-state index contributed by atoms with van der Waals surface area (Å²) in [5.41, 5.74) is 2.28. The molecule has 2 aliphatic heterocycles. The first kappa shape index (κ1) is 17.3. The van der Waals surface area contributed by atoms with E-state index in [4.69, 9.17) is 26.4 Å². The Morgan fingerprint density at radius 1 is 1.38 bits per heavy atom. The molecule has 6 heteroatoms. The van der Waals surface area contributed by atoms with Gasteiger partial charge in [-0.05, 0) is 51.0 Å². The van der Waals surface area contributed by atoms with Crippen LogP contribution in [-0.4, -0.2) is 37.1 Å². The summed E-state index contributed by atoms with van der Waals surface area (Å²) in [6.07, 6.45) is 3.68. The molecule has 0 saturated carbocycles. The van der Waals surface area contributed by atoms with Gasteiger partial charge in [-0.3, -0.25) is 0 Å². The van der Waals surface area contributed by atoms with E-state index < -0.39 is 0 Å². The highest BCUT2D eigenvalue weighted by molar-refractivity contribution is 7.80. The maximum absolute atomic E-state index is 5.85. The Kier molecular flexibility index (Phi) is 5.79. The second-order valence-corrected chi connectivity index (χ2v) is 6.74. The Balaban J connectivity index is 1.57. The molecule has 0 radical (unpaired) electrons. The van der Waals surface area contributed by atoms with Crippen molar-refractivity contribution in [3.05, 3.63) is 23.3 Å². The highest BCUT2D eigenvalue weighted by Crippen LogP contribution is 2.35. The van der Waals surface area contributed by atoms with Crippen LogP contribution in [0.5, 0.6) is 11.5 Å². The molecule has 2 aliphatic rings. The number of rotatable bonds is 6. The first-order valence-electron chi connectivity index (χ1n) is 8.74. The lowest BCUT2D eigenvalue weighted by atomic mass is 10.1. The van der Waals surface area contributed by atoms with Crippen LogP contribution in [0.3, 0.4) is 0 Å². The van der Waals surface area contributed by atoms with Gasteiger partial charge in [-0.25, -0.2) is 0 Å². The van der Waals surface area contributed by atoms with Crippen molar-refractivity contribution in [1.29, 1.82) is 0 Å².